The summed E-state index contributed by atoms with van der Waals surface area (Å²) in [4.78, 5) is 15.6. The molecule has 2 rings (SSSR count). The molecule has 1 aliphatic rings. The van der Waals surface area contributed by atoms with Crippen LogP contribution in [0.2, 0.25) is 0 Å². The highest BCUT2D eigenvalue weighted by atomic mass is 16.3. The molecule has 1 atom stereocenters. The Kier molecular flexibility index (Phi) is 3.93. The zero-order chi connectivity index (χ0) is 12.1. The van der Waals surface area contributed by atoms with Crippen LogP contribution in [-0.2, 0) is 0 Å². The van der Waals surface area contributed by atoms with Gasteiger partial charge >= 0.3 is 6.03 Å². The summed E-state index contributed by atoms with van der Waals surface area (Å²) in [5, 5.41) is 14.5. The van der Waals surface area contributed by atoms with Gasteiger partial charge < -0.3 is 15.7 Å². The van der Waals surface area contributed by atoms with Crippen molar-refractivity contribution in [2.75, 3.05) is 11.9 Å². The molecule has 0 radical (unpaired) electrons. The number of nitrogens with one attached hydrogen (secondary N) is 2. The van der Waals surface area contributed by atoms with Crippen molar-refractivity contribution in [1.29, 1.82) is 0 Å². The summed E-state index contributed by atoms with van der Waals surface area (Å²) in [6, 6.07) is 3.40. The van der Waals surface area contributed by atoms with Gasteiger partial charge in [0.05, 0.1) is 11.9 Å². The van der Waals surface area contributed by atoms with E-state index in [1.54, 1.807) is 24.5 Å². The van der Waals surface area contributed by atoms with Crippen molar-refractivity contribution in [3.05, 3.63) is 24.5 Å². The van der Waals surface area contributed by atoms with E-state index in [2.05, 4.69) is 15.6 Å². The van der Waals surface area contributed by atoms with Gasteiger partial charge in [-0.05, 0) is 37.3 Å². The molecule has 2 amide bonds. The lowest BCUT2D eigenvalue weighted by Gasteiger charge is -2.17. The third-order valence-corrected chi connectivity index (χ3v) is 2.87. The number of aliphatic hydroxyl groups excluding tert-OH is 1. The molecule has 1 aromatic rings. The van der Waals surface area contributed by atoms with E-state index in [1.807, 2.05) is 0 Å². The summed E-state index contributed by atoms with van der Waals surface area (Å²) >= 11 is 0. The van der Waals surface area contributed by atoms with E-state index in [0.29, 0.717) is 18.0 Å². The second-order valence-electron chi connectivity index (χ2n) is 4.30. The number of carbonyl (C=O) groups excluding carboxylic acids is 1. The van der Waals surface area contributed by atoms with Gasteiger partial charge in [0.1, 0.15) is 0 Å². The molecule has 3 N–H and O–H groups in total. The lowest BCUT2D eigenvalue weighted by atomic mass is 10.1. The van der Waals surface area contributed by atoms with Crippen molar-refractivity contribution in [2.24, 2.45) is 5.92 Å². The van der Waals surface area contributed by atoms with Crippen LogP contribution in [0.5, 0.6) is 0 Å². The van der Waals surface area contributed by atoms with Gasteiger partial charge in [0, 0.05) is 18.8 Å². The minimum absolute atomic E-state index is 0.0803. The maximum Gasteiger partial charge on any atom is 0.319 e. The van der Waals surface area contributed by atoms with Crippen LogP contribution in [0.1, 0.15) is 19.3 Å². The van der Waals surface area contributed by atoms with Crippen molar-refractivity contribution in [1.82, 2.24) is 10.3 Å². The number of urea groups is 1. The molecular weight excluding hydrogens is 218 g/mol. The first-order valence-corrected chi connectivity index (χ1v) is 5.88. The van der Waals surface area contributed by atoms with E-state index >= 15 is 0 Å². The first-order valence-electron chi connectivity index (χ1n) is 5.88. The Balaban J connectivity index is 1.83. The average Bonchev–Trinajstić information content (AvgIpc) is 3.13. The number of rotatable bonds is 5. The number of pyridine rings is 1. The van der Waals surface area contributed by atoms with E-state index in [0.717, 1.165) is 12.8 Å². The lowest BCUT2D eigenvalue weighted by molar-refractivity contribution is 0.234. The second kappa shape index (κ2) is 5.63. The van der Waals surface area contributed by atoms with Crippen LogP contribution < -0.4 is 10.6 Å². The molecule has 0 bridgehead atoms. The van der Waals surface area contributed by atoms with Crippen LogP contribution in [0.15, 0.2) is 24.5 Å². The fourth-order valence-electron chi connectivity index (χ4n) is 1.84. The summed E-state index contributed by atoms with van der Waals surface area (Å²) < 4.78 is 0. The highest BCUT2D eigenvalue weighted by Crippen LogP contribution is 2.33. The van der Waals surface area contributed by atoms with Crippen LogP contribution >= 0.6 is 0 Å². The van der Waals surface area contributed by atoms with Gasteiger partial charge in [0.15, 0.2) is 0 Å². The maximum absolute atomic E-state index is 11.7. The highest BCUT2D eigenvalue weighted by Gasteiger charge is 2.31. The Bertz CT molecular complexity index is 365. The topological polar surface area (TPSA) is 74.2 Å². The van der Waals surface area contributed by atoms with Crippen LogP contribution in [-0.4, -0.2) is 28.8 Å². The van der Waals surface area contributed by atoms with Gasteiger partial charge in [-0.15, -0.1) is 0 Å². The zero-order valence-electron chi connectivity index (χ0n) is 9.60. The number of carbonyl (C=O) groups is 1. The van der Waals surface area contributed by atoms with Gasteiger partial charge in [-0.25, -0.2) is 4.79 Å². The Morgan fingerprint density at radius 2 is 2.41 bits per heavy atom. The highest BCUT2D eigenvalue weighted by molar-refractivity contribution is 5.89. The van der Waals surface area contributed by atoms with Gasteiger partial charge in [-0.3, -0.25) is 4.98 Å². The molecule has 1 fully saturated rings. The van der Waals surface area contributed by atoms with Gasteiger partial charge in [-0.1, -0.05) is 0 Å². The molecule has 1 heterocycles. The predicted molar refractivity (Wildman–Crippen MR) is 64.6 cm³/mol. The van der Waals surface area contributed by atoms with Crippen LogP contribution in [0, 0.1) is 5.92 Å². The van der Waals surface area contributed by atoms with E-state index in [1.165, 1.54) is 0 Å². The molecule has 5 heteroatoms. The number of amides is 2. The molecule has 0 aliphatic heterocycles. The Hall–Kier alpha value is -1.62. The predicted octanol–water partition coefficient (Wildman–Crippen LogP) is 1.36. The molecule has 0 aromatic carbocycles. The molecule has 0 saturated heterocycles. The lowest BCUT2D eigenvalue weighted by Crippen LogP contribution is -2.39. The molecule has 92 valence electrons. The number of aliphatic hydroxyl groups is 1. The summed E-state index contributed by atoms with van der Waals surface area (Å²) in [7, 11) is 0. The Labute approximate surface area is 100 Å². The SMILES string of the molecule is O=C(Nc1cccnc1)N[C@H](CCO)C1CC1. The minimum atomic E-state index is -0.233. The number of anilines is 1. The number of nitrogens with zero attached hydrogens (tertiary/aromatic N) is 1. The minimum Gasteiger partial charge on any atom is -0.396 e. The molecule has 0 unspecified atom stereocenters. The molecule has 5 nitrogen and oxygen atoms in total. The van der Waals surface area contributed by atoms with Gasteiger partial charge in [0.25, 0.3) is 0 Å². The third kappa shape index (κ3) is 3.71. The van der Waals surface area contributed by atoms with Gasteiger partial charge in [-0.2, -0.15) is 0 Å². The van der Waals surface area contributed by atoms with E-state index in [9.17, 15) is 4.79 Å². The summed E-state index contributed by atoms with van der Waals surface area (Å²) in [5.74, 6) is 0.529. The number of aromatic nitrogens is 1. The van der Waals surface area contributed by atoms with Crippen molar-refractivity contribution in [3.8, 4) is 0 Å². The largest absolute Gasteiger partial charge is 0.396 e. The average molecular weight is 235 g/mol. The van der Waals surface area contributed by atoms with Crippen molar-refractivity contribution in [3.63, 3.8) is 0 Å². The molecule has 1 aromatic heterocycles. The summed E-state index contributed by atoms with van der Waals surface area (Å²) in [6.45, 7) is 0.105. The quantitative estimate of drug-likeness (QED) is 0.721. The Morgan fingerprint density at radius 3 is 3.00 bits per heavy atom. The van der Waals surface area contributed by atoms with Crippen molar-refractivity contribution >= 4 is 11.7 Å². The van der Waals surface area contributed by atoms with Crippen LogP contribution in [0.25, 0.3) is 0 Å². The van der Waals surface area contributed by atoms with E-state index in [4.69, 9.17) is 5.11 Å². The third-order valence-electron chi connectivity index (χ3n) is 2.87. The molecule has 17 heavy (non-hydrogen) atoms. The first-order chi connectivity index (χ1) is 8.29. The van der Waals surface area contributed by atoms with Crippen molar-refractivity contribution in [2.45, 2.75) is 25.3 Å². The number of hydrogen-bond acceptors (Lipinski definition) is 3. The normalized spacial score (nSPS) is 16.3. The number of hydrogen-bond donors (Lipinski definition) is 3. The first kappa shape index (κ1) is 11.9. The monoisotopic (exact) mass is 235 g/mol. The Morgan fingerprint density at radius 1 is 1.59 bits per heavy atom. The smallest absolute Gasteiger partial charge is 0.319 e. The van der Waals surface area contributed by atoms with Crippen molar-refractivity contribution < 1.29 is 9.90 Å². The standard InChI is InChI=1S/C12H17N3O2/c16-7-5-11(9-3-4-9)15-12(17)14-10-2-1-6-13-8-10/h1-2,6,8-9,11,16H,3-5,7H2,(H2,14,15,17)/t11-/m1/s1. The van der Waals surface area contributed by atoms with Crippen LogP contribution in [0.4, 0.5) is 10.5 Å². The molecule has 1 saturated carbocycles. The fraction of sp³-hybridized carbons (Fsp3) is 0.500. The fourth-order valence-corrected chi connectivity index (χ4v) is 1.84. The molecule has 0 spiro atoms. The molecule has 1 aliphatic carbocycles. The zero-order valence-corrected chi connectivity index (χ0v) is 9.60. The van der Waals surface area contributed by atoms with Crippen LogP contribution in [0.3, 0.4) is 0 Å². The van der Waals surface area contributed by atoms with E-state index in [-0.39, 0.29) is 18.7 Å². The summed E-state index contributed by atoms with van der Waals surface area (Å²) in [6.07, 6.45) is 6.14. The summed E-state index contributed by atoms with van der Waals surface area (Å²) in [5.41, 5.74) is 0.670. The second-order valence-corrected chi connectivity index (χ2v) is 4.30. The van der Waals surface area contributed by atoms with Gasteiger partial charge in [0.2, 0.25) is 0 Å². The maximum atomic E-state index is 11.7. The molecular formula is C12H17N3O2. The van der Waals surface area contributed by atoms with E-state index < -0.39 is 0 Å².